The summed E-state index contributed by atoms with van der Waals surface area (Å²) in [5, 5.41) is 24.2. The summed E-state index contributed by atoms with van der Waals surface area (Å²) in [4.78, 5) is 30.9. The highest BCUT2D eigenvalue weighted by molar-refractivity contribution is 9.10. The van der Waals surface area contributed by atoms with Crippen LogP contribution in [0, 0.1) is 5.82 Å². The maximum absolute atomic E-state index is 13.4. The lowest BCUT2D eigenvalue weighted by Gasteiger charge is -2.05. The summed E-state index contributed by atoms with van der Waals surface area (Å²) < 4.78 is 28.1. The number of methoxy groups -OCH3 is 1. The second kappa shape index (κ2) is 17.1. The molecule has 0 aliphatic heterocycles. The van der Waals surface area contributed by atoms with E-state index in [0.29, 0.717) is 24.6 Å². The van der Waals surface area contributed by atoms with Crippen molar-refractivity contribution in [2.75, 3.05) is 39.7 Å². The Kier molecular flexibility index (Phi) is 15.4. The molecule has 0 unspecified atom stereocenters. The van der Waals surface area contributed by atoms with Crippen molar-refractivity contribution in [3.05, 3.63) is 39.0 Å². The minimum Gasteiger partial charge on any atom is -0.463 e. The van der Waals surface area contributed by atoms with Crippen LogP contribution in [-0.4, -0.2) is 71.8 Å². The van der Waals surface area contributed by atoms with Gasteiger partial charge in [-0.3, -0.25) is 9.32 Å². The summed E-state index contributed by atoms with van der Waals surface area (Å²) >= 11 is 3.08. The molecule has 3 aromatic rings. The Bertz CT molecular complexity index is 1070. The van der Waals surface area contributed by atoms with Gasteiger partial charge < -0.3 is 20.5 Å². The number of aliphatic hydroxyl groups is 1. The lowest BCUT2D eigenvalue weighted by atomic mass is 10.3. The maximum atomic E-state index is 13.4. The summed E-state index contributed by atoms with van der Waals surface area (Å²) in [6.07, 6.45) is 0.111. The number of benzene rings is 1. The number of carbonyl (C=O) groups excluding carboxylic acids is 2. The van der Waals surface area contributed by atoms with E-state index in [9.17, 15) is 18.8 Å². The molecule has 0 saturated heterocycles. The van der Waals surface area contributed by atoms with Crippen molar-refractivity contribution in [1.82, 2.24) is 25.4 Å². The fraction of sp³-hybridized carbons (Fsp3) is 0.368. The van der Waals surface area contributed by atoms with Crippen LogP contribution in [0.1, 0.15) is 13.8 Å². The number of hydrogen-bond acceptors (Lipinski definition) is 12. The minimum atomic E-state index is -0.838. The predicted octanol–water partition coefficient (Wildman–Crippen LogP) is 1.40. The number of esters is 1. The molecule has 0 radical (unpaired) electrons. The number of nitrogens with one attached hydrogen (secondary N) is 2. The highest BCUT2D eigenvalue weighted by atomic mass is 79.9. The highest BCUT2D eigenvalue weighted by Crippen LogP contribution is 2.25. The van der Waals surface area contributed by atoms with Crippen molar-refractivity contribution in [1.29, 1.82) is 0 Å². The van der Waals surface area contributed by atoms with Crippen molar-refractivity contribution in [2.45, 2.75) is 13.8 Å². The summed E-state index contributed by atoms with van der Waals surface area (Å²) in [7, 11) is 3.96. The van der Waals surface area contributed by atoms with Gasteiger partial charge in [0.1, 0.15) is 5.82 Å². The Morgan fingerprint density at radius 1 is 1.26 bits per heavy atom. The second-order valence-electron chi connectivity index (χ2n) is 5.34. The standard InChI is InChI=1S/C13H12BrFN6O3.C3H4O3.C2H6.CH4O/c1-16-4-5-17-11-10(18-24-19-11)12-20-23-13(22)21(12)7-2-3-9(15)8(14)6-7;1-6-3(5)2-4;2*1-2/h2-3,6,16H,4-5H2,1H3,(H,17,19);2H,1H3;1-2H3;2H,1H3. The van der Waals surface area contributed by atoms with E-state index in [1.165, 1.54) is 18.2 Å². The Hall–Kier alpha value is -3.43. The van der Waals surface area contributed by atoms with Crippen LogP contribution < -0.4 is 16.4 Å². The summed E-state index contributed by atoms with van der Waals surface area (Å²) in [6, 6.07) is 4.07. The zero-order chi connectivity index (χ0) is 26.1. The second-order valence-corrected chi connectivity index (χ2v) is 6.19. The van der Waals surface area contributed by atoms with Crippen molar-refractivity contribution < 1.29 is 33.0 Å². The largest absolute Gasteiger partial charge is 0.463 e. The summed E-state index contributed by atoms with van der Waals surface area (Å²) in [6.45, 7) is 5.24. The van der Waals surface area contributed by atoms with Crippen LogP contribution in [0.2, 0.25) is 0 Å². The number of anilines is 1. The van der Waals surface area contributed by atoms with E-state index in [-0.39, 0.29) is 22.3 Å². The quantitative estimate of drug-likeness (QED) is 0.168. The smallest absolute Gasteiger partial charge is 0.446 e. The number of nitrogens with zero attached hydrogens (tertiary/aromatic N) is 4. The fourth-order valence-electron chi connectivity index (χ4n) is 2.06. The Labute approximate surface area is 202 Å². The van der Waals surface area contributed by atoms with Gasteiger partial charge in [-0.2, -0.15) is 0 Å². The van der Waals surface area contributed by atoms with E-state index in [2.05, 4.69) is 46.8 Å². The molecule has 3 rings (SSSR count). The molecule has 2 aromatic heterocycles. The Morgan fingerprint density at radius 2 is 1.94 bits per heavy atom. The molecule has 0 fully saturated rings. The Morgan fingerprint density at radius 3 is 2.47 bits per heavy atom. The number of aldehydes is 1. The molecule has 3 N–H and O–H groups in total. The monoisotopic (exact) mass is 548 g/mol. The third-order valence-corrected chi connectivity index (χ3v) is 4.04. The molecule has 13 nitrogen and oxygen atoms in total. The van der Waals surface area contributed by atoms with Crippen molar-refractivity contribution in [3.63, 3.8) is 0 Å². The van der Waals surface area contributed by atoms with Crippen LogP contribution in [0.25, 0.3) is 17.2 Å². The molecule has 0 bridgehead atoms. The maximum Gasteiger partial charge on any atom is 0.446 e. The van der Waals surface area contributed by atoms with Gasteiger partial charge in [0.05, 0.1) is 17.3 Å². The van der Waals surface area contributed by atoms with Gasteiger partial charge in [-0.05, 0) is 51.5 Å². The van der Waals surface area contributed by atoms with Gasteiger partial charge in [0.15, 0.2) is 5.69 Å². The average molecular weight is 549 g/mol. The number of ether oxygens (including phenoxy) is 1. The topological polar surface area (TPSA) is 175 Å². The normalized spacial score (nSPS) is 9.29. The first-order chi connectivity index (χ1) is 16.4. The third-order valence-electron chi connectivity index (χ3n) is 3.43. The van der Waals surface area contributed by atoms with E-state index in [1.807, 2.05) is 20.9 Å². The van der Waals surface area contributed by atoms with E-state index in [0.717, 1.165) is 18.8 Å². The van der Waals surface area contributed by atoms with E-state index >= 15 is 0 Å². The molecule has 2 heterocycles. The van der Waals surface area contributed by atoms with Gasteiger partial charge in [-0.15, -0.1) is 0 Å². The predicted molar refractivity (Wildman–Crippen MR) is 123 cm³/mol. The number of aromatic nitrogens is 4. The lowest BCUT2D eigenvalue weighted by molar-refractivity contribution is -0.146. The van der Waals surface area contributed by atoms with Crippen LogP contribution in [0.15, 0.2) is 36.6 Å². The molecule has 34 heavy (non-hydrogen) atoms. The van der Waals surface area contributed by atoms with Crippen LogP contribution in [0.5, 0.6) is 0 Å². The Balaban J connectivity index is 0.000000938. The first-order valence-corrected chi connectivity index (χ1v) is 10.5. The lowest BCUT2D eigenvalue weighted by Crippen LogP contribution is -2.18. The summed E-state index contributed by atoms with van der Waals surface area (Å²) in [5.41, 5.74) is 0.561. The number of likely N-dealkylation sites (N-methyl/N-ethyl adjacent to an activating group) is 1. The average Bonchev–Trinajstić information content (AvgIpc) is 3.49. The molecule has 15 heteroatoms. The van der Waals surface area contributed by atoms with Gasteiger partial charge in [0.25, 0.3) is 0 Å². The highest BCUT2D eigenvalue weighted by Gasteiger charge is 2.22. The van der Waals surface area contributed by atoms with Crippen molar-refractivity contribution >= 4 is 34.0 Å². The molecule has 1 aromatic carbocycles. The van der Waals surface area contributed by atoms with Gasteiger partial charge in [0, 0.05) is 20.2 Å². The number of aliphatic hydroxyl groups excluding tert-OH is 1. The van der Waals surface area contributed by atoms with Gasteiger partial charge in [0.2, 0.25) is 17.9 Å². The zero-order valence-electron chi connectivity index (χ0n) is 19.2. The van der Waals surface area contributed by atoms with Crippen LogP contribution in [0.3, 0.4) is 0 Å². The zero-order valence-corrected chi connectivity index (χ0v) is 20.8. The summed E-state index contributed by atoms with van der Waals surface area (Å²) in [5.74, 6) is -1.63. The van der Waals surface area contributed by atoms with Crippen LogP contribution in [0.4, 0.5) is 10.2 Å². The van der Waals surface area contributed by atoms with E-state index in [4.69, 9.17) is 14.3 Å². The molecule has 0 atom stereocenters. The molecule has 0 saturated carbocycles. The van der Waals surface area contributed by atoms with Crippen molar-refractivity contribution in [3.8, 4) is 17.2 Å². The third kappa shape index (κ3) is 8.84. The fourth-order valence-corrected chi connectivity index (χ4v) is 2.42. The van der Waals surface area contributed by atoms with Gasteiger partial charge >= 0.3 is 11.7 Å². The number of carbonyl (C=O) groups is 2. The molecular formula is C19H26BrFN6O7. The first-order valence-electron chi connectivity index (χ1n) is 9.66. The SMILES string of the molecule is CC.CNCCNc1nonc1-c1noc(=O)n1-c1ccc(F)c(Br)c1.CO.COC(=O)C=O. The molecule has 0 aliphatic carbocycles. The number of halogens is 2. The molecule has 0 spiro atoms. The van der Waals surface area contributed by atoms with E-state index < -0.39 is 17.5 Å². The first kappa shape index (κ1) is 30.6. The van der Waals surface area contributed by atoms with Gasteiger partial charge in [-0.1, -0.05) is 19.0 Å². The number of rotatable bonds is 7. The molecule has 188 valence electrons. The molecule has 0 aliphatic rings. The van der Waals surface area contributed by atoms with Crippen molar-refractivity contribution in [2.24, 2.45) is 0 Å². The minimum absolute atomic E-state index is 0.0896. The van der Waals surface area contributed by atoms with Gasteiger partial charge in [-0.25, -0.2) is 23.2 Å². The van der Waals surface area contributed by atoms with Crippen LogP contribution in [-0.2, 0) is 14.3 Å². The van der Waals surface area contributed by atoms with E-state index in [1.54, 1.807) is 0 Å². The van der Waals surface area contributed by atoms with Crippen LogP contribution >= 0.6 is 15.9 Å². The molecular weight excluding hydrogens is 523 g/mol. The molecule has 0 amide bonds. The number of hydrogen-bond donors (Lipinski definition) is 3.